The number of carbonyl (C=O) groups excluding carboxylic acids is 3. The summed E-state index contributed by atoms with van der Waals surface area (Å²) >= 11 is 0. The van der Waals surface area contributed by atoms with Crippen molar-refractivity contribution < 1.29 is 14.4 Å². The van der Waals surface area contributed by atoms with Crippen LogP contribution in [0.1, 0.15) is 97.3 Å². The van der Waals surface area contributed by atoms with Gasteiger partial charge in [0.15, 0.2) is 0 Å². The lowest BCUT2D eigenvalue weighted by atomic mass is 9.87. The molecule has 0 spiro atoms. The molecule has 1 unspecified atom stereocenters. The van der Waals surface area contributed by atoms with E-state index in [-0.39, 0.29) is 24.1 Å². The number of likely N-dealkylation sites (tertiary alicyclic amines) is 1. The van der Waals surface area contributed by atoms with Gasteiger partial charge in [-0.2, -0.15) is 0 Å². The van der Waals surface area contributed by atoms with Gasteiger partial charge in [0.05, 0.1) is 5.92 Å². The molecule has 3 amide bonds. The molecule has 3 rings (SSSR count). The van der Waals surface area contributed by atoms with Crippen molar-refractivity contribution in [2.45, 2.75) is 97.3 Å². The maximum atomic E-state index is 13.4. The fraction of sp³-hybridized carbons (Fsp3) is 0.808. The third kappa shape index (κ3) is 6.58. The zero-order chi connectivity index (χ0) is 22.9. The summed E-state index contributed by atoms with van der Waals surface area (Å²) in [4.78, 5) is 43.2. The van der Waals surface area contributed by atoms with Crippen molar-refractivity contribution in [1.29, 1.82) is 0 Å². The number of nitrogens with zero attached hydrogens (tertiary/aromatic N) is 2. The molecule has 0 radical (unpaired) electrons. The molecule has 1 saturated carbocycles. The number of unbranched alkanes of at least 4 members (excludes halogenated alkanes) is 1. The van der Waals surface area contributed by atoms with Gasteiger partial charge in [-0.25, -0.2) is 0 Å². The molecule has 1 aliphatic carbocycles. The average Bonchev–Trinajstić information content (AvgIpc) is 3.09. The Labute approximate surface area is 194 Å². The van der Waals surface area contributed by atoms with E-state index in [4.69, 9.17) is 0 Å². The molecule has 6 heteroatoms. The molecule has 2 heterocycles. The maximum Gasteiger partial charge on any atom is 0.251 e. The van der Waals surface area contributed by atoms with Crippen LogP contribution in [-0.2, 0) is 14.4 Å². The first kappa shape index (κ1) is 24.8. The zero-order valence-electron chi connectivity index (χ0n) is 20.3. The van der Waals surface area contributed by atoms with Crippen molar-refractivity contribution in [3.05, 3.63) is 11.3 Å². The van der Waals surface area contributed by atoms with Gasteiger partial charge in [-0.3, -0.25) is 14.4 Å². The third-order valence-electron chi connectivity index (χ3n) is 7.54. The highest BCUT2D eigenvalue weighted by molar-refractivity contribution is 5.98. The van der Waals surface area contributed by atoms with Crippen molar-refractivity contribution in [3.63, 3.8) is 0 Å². The summed E-state index contributed by atoms with van der Waals surface area (Å²) in [7, 11) is 0. The van der Waals surface area contributed by atoms with Gasteiger partial charge in [0.25, 0.3) is 5.91 Å². The Hall–Kier alpha value is -1.85. The molecule has 1 atom stereocenters. The molecule has 3 aliphatic rings. The van der Waals surface area contributed by atoms with Crippen LogP contribution in [0, 0.1) is 11.8 Å². The average molecular weight is 446 g/mol. The van der Waals surface area contributed by atoms with Crippen LogP contribution in [0.2, 0.25) is 0 Å². The molecule has 180 valence electrons. The van der Waals surface area contributed by atoms with Gasteiger partial charge in [0.1, 0.15) is 0 Å². The summed E-state index contributed by atoms with van der Waals surface area (Å²) in [5, 5.41) is 3.08. The highest BCUT2D eigenvalue weighted by atomic mass is 16.2. The summed E-state index contributed by atoms with van der Waals surface area (Å²) in [6, 6.07) is 0. The SMILES string of the molecule is CCCCN1C(=O)C(CC(=O)NCC2CCCCC2)CC(C(=O)N2CCCCCC2)=C1C. The molecular formula is C26H43N3O3. The first-order valence-electron chi connectivity index (χ1n) is 13.1. The van der Waals surface area contributed by atoms with Crippen LogP contribution < -0.4 is 5.32 Å². The first-order valence-corrected chi connectivity index (χ1v) is 13.1. The third-order valence-corrected chi connectivity index (χ3v) is 7.54. The van der Waals surface area contributed by atoms with Gasteiger partial charge in [-0.05, 0) is 51.4 Å². The lowest BCUT2D eigenvalue weighted by Gasteiger charge is -2.36. The Morgan fingerprint density at radius 1 is 1.00 bits per heavy atom. The zero-order valence-corrected chi connectivity index (χ0v) is 20.3. The summed E-state index contributed by atoms with van der Waals surface area (Å²) in [5.74, 6) is 0.165. The van der Waals surface area contributed by atoms with Gasteiger partial charge in [0, 0.05) is 43.9 Å². The highest BCUT2D eigenvalue weighted by Gasteiger charge is 2.37. The topological polar surface area (TPSA) is 69.7 Å². The van der Waals surface area contributed by atoms with Crippen LogP contribution in [0.15, 0.2) is 11.3 Å². The molecule has 0 aromatic carbocycles. The van der Waals surface area contributed by atoms with E-state index < -0.39 is 5.92 Å². The van der Waals surface area contributed by atoms with Crippen molar-refractivity contribution >= 4 is 17.7 Å². The Bertz CT molecular complexity index is 688. The highest BCUT2D eigenvalue weighted by Crippen LogP contribution is 2.32. The summed E-state index contributed by atoms with van der Waals surface area (Å²) in [5.41, 5.74) is 1.55. The van der Waals surface area contributed by atoms with E-state index in [1.165, 1.54) is 44.9 Å². The largest absolute Gasteiger partial charge is 0.356 e. The minimum atomic E-state index is -0.437. The predicted octanol–water partition coefficient (Wildman–Crippen LogP) is 4.40. The Morgan fingerprint density at radius 3 is 2.31 bits per heavy atom. The second-order valence-corrected chi connectivity index (χ2v) is 10.0. The summed E-state index contributed by atoms with van der Waals surface area (Å²) in [6.07, 6.45) is 13.1. The molecule has 6 nitrogen and oxygen atoms in total. The van der Waals surface area contributed by atoms with E-state index in [1.54, 1.807) is 4.90 Å². The van der Waals surface area contributed by atoms with Crippen LogP contribution in [-0.4, -0.2) is 53.7 Å². The van der Waals surface area contributed by atoms with Crippen molar-refractivity contribution in [2.24, 2.45) is 11.8 Å². The molecule has 1 N–H and O–H groups in total. The normalized spacial score (nSPS) is 23.3. The van der Waals surface area contributed by atoms with Crippen LogP contribution >= 0.6 is 0 Å². The van der Waals surface area contributed by atoms with Gasteiger partial charge < -0.3 is 15.1 Å². The minimum absolute atomic E-state index is 0.0104. The van der Waals surface area contributed by atoms with E-state index >= 15 is 0 Å². The lowest BCUT2D eigenvalue weighted by molar-refractivity contribution is -0.138. The van der Waals surface area contributed by atoms with E-state index in [2.05, 4.69) is 12.2 Å². The summed E-state index contributed by atoms with van der Waals surface area (Å²) in [6.45, 7) is 6.95. The Morgan fingerprint density at radius 2 is 1.66 bits per heavy atom. The number of hydrogen-bond acceptors (Lipinski definition) is 3. The molecule has 2 fully saturated rings. The number of hydrogen-bond donors (Lipinski definition) is 1. The molecule has 32 heavy (non-hydrogen) atoms. The van der Waals surface area contributed by atoms with E-state index in [0.717, 1.165) is 50.0 Å². The summed E-state index contributed by atoms with van der Waals surface area (Å²) < 4.78 is 0. The second-order valence-electron chi connectivity index (χ2n) is 10.0. The van der Waals surface area contributed by atoms with Gasteiger partial charge in [-0.1, -0.05) is 45.4 Å². The van der Waals surface area contributed by atoms with Crippen molar-refractivity contribution in [2.75, 3.05) is 26.2 Å². The molecule has 2 aliphatic heterocycles. The standard InChI is InChI=1S/C26H43N3O3/c1-3-4-16-29-20(2)23(26(32)28-14-10-5-6-11-15-28)17-22(25(29)31)18-24(30)27-19-21-12-8-7-9-13-21/h21-22H,3-19H2,1-2H3,(H,27,30). The van der Waals surface area contributed by atoms with Crippen LogP contribution in [0.4, 0.5) is 0 Å². The Balaban J connectivity index is 1.68. The molecular weight excluding hydrogens is 402 g/mol. The molecule has 0 bridgehead atoms. The number of carbonyl (C=O) groups is 3. The Kier molecular flexibility index (Phi) is 9.61. The maximum absolute atomic E-state index is 13.4. The number of amides is 3. The van der Waals surface area contributed by atoms with Gasteiger partial charge >= 0.3 is 0 Å². The minimum Gasteiger partial charge on any atom is -0.356 e. The fourth-order valence-corrected chi connectivity index (χ4v) is 5.44. The quantitative estimate of drug-likeness (QED) is 0.602. The number of allylic oxidation sites excluding steroid dienone is 1. The molecule has 0 aromatic heterocycles. The van der Waals surface area contributed by atoms with Gasteiger partial charge in [-0.15, -0.1) is 0 Å². The predicted molar refractivity (Wildman–Crippen MR) is 127 cm³/mol. The van der Waals surface area contributed by atoms with Crippen LogP contribution in [0.3, 0.4) is 0 Å². The van der Waals surface area contributed by atoms with E-state index in [0.29, 0.717) is 25.4 Å². The molecule has 1 saturated heterocycles. The van der Waals surface area contributed by atoms with Crippen molar-refractivity contribution in [1.82, 2.24) is 15.1 Å². The lowest BCUT2D eigenvalue weighted by Crippen LogP contribution is -2.45. The smallest absolute Gasteiger partial charge is 0.251 e. The number of rotatable bonds is 8. The van der Waals surface area contributed by atoms with E-state index in [1.807, 2.05) is 11.8 Å². The van der Waals surface area contributed by atoms with Crippen LogP contribution in [0.5, 0.6) is 0 Å². The monoisotopic (exact) mass is 445 g/mol. The van der Waals surface area contributed by atoms with Gasteiger partial charge in [0.2, 0.25) is 11.8 Å². The fourth-order valence-electron chi connectivity index (χ4n) is 5.44. The van der Waals surface area contributed by atoms with Crippen molar-refractivity contribution in [3.8, 4) is 0 Å². The second kappa shape index (κ2) is 12.4. The number of nitrogens with one attached hydrogen (secondary N) is 1. The van der Waals surface area contributed by atoms with E-state index in [9.17, 15) is 14.4 Å². The molecule has 0 aromatic rings. The first-order chi connectivity index (χ1) is 15.5. The van der Waals surface area contributed by atoms with Crippen LogP contribution in [0.25, 0.3) is 0 Å².